The van der Waals surface area contributed by atoms with E-state index in [2.05, 4.69) is 10.4 Å². The van der Waals surface area contributed by atoms with Gasteiger partial charge in [-0.2, -0.15) is 9.78 Å². The number of hydrogen-bond acceptors (Lipinski definition) is 6. The summed E-state index contributed by atoms with van der Waals surface area (Å²) in [5.41, 5.74) is 1.21. The van der Waals surface area contributed by atoms with Crippen molar-refractivity contribution in [3.8, 4) is 5.69 Å². The quantitative estimate of drug-likeness (QED) is 0.590. The van der Waals surface area contributed by atoms with E-state index in [9.17, 15) is 14.4 Å². The average Bonchev–Trinajstić information content (AvgIpc) is 3.12. The molecule has 0 saturated carbocycles. The Kier molecular flexibility index (Phi) is 6.43. The van der Waals surface area contributed by atoms with Crippen molar-refractivity contribution in [1.82, 2.24) is 9.78 Å². The maximum atomic E-state index is 13.2. The SMILES string of the molecule is CCCCC(=O)Nc1scc2c(C(=O)OCC)nn(-c3ccc(C)cc3)c(=O)c12. The summed E-state index contributed by atoms with van der Waals surface area (Å²) in [4.78, 5) is 37.9. The standard InChI is InChI=1S/C21H23N3O4S/c1-4-6-7-16(25)22-19-17-15(12-29-19)18(21(27)28-5-2)23-24(20(17)26)14-10-8-13(3)9-11-14/h8-12H,4-7H2,1-3H3,(H,22,25). The van der Waals surface area contributed by atoms with E-state index in [0.717, 1.165) is 18.4 Å². The number of carbonyl (C=O) groups is 2. The molecule has 2 heterocycles. The van der Waals surface area contributed by atoms with E-state index in [0.29, 0.717) is 22.5 Å². The third-order valence-electron chi connectivity index (χ3n) is 4.41. The van der Waals surface area contributed by atoms with Crippen molar-refractivity contribution < 1.29 is 14.3 Å². The molecule has 7 nitrogen and oxygen atoms in total. The molecule has 0 aliphatic heterocycles. The van der Waals surface area contributed by atoms with E-state index in [1.807, 2.05) is 26.0 Å². The maximum absolute atomic E-state index is 13.2. The minimum atomic E-state index is -0.611. The highest BCUT2D eigenvalue weighted by molar-refractivity contribution is 7.16. The average molecular weight is 413 g/mol. The lowest BCUT2D eigenvalue weighted by molar-refractivity contribution is -0.116. The van der Waals surface area contributed by atoms with Gasteiger partial charge in [-0.25, -0.2) is 4.79 Å². The second-order valence-corrected chi connectivity index (χ2v) is 7.51. The van der Waals surface area contributed by atoms with E-state index in [1.54, 1.807) is 24.4 Å². The van der Waals surface area contributed by atoms with Gasteiger partial charge >= 0.3 is 5.97 Å². The fourth-order valence-corrected chi connectivity index (χ4v) is 3.83. The number of unbranched alkanes of at least 4 members (excludes halogenated alkanes) is 1. The Bertz CT molecular complexity index is 1100. The first-order valence-corrected chi connectivity index (χ1v) is 10.4. The third kappa shape index (κ3) is 4.37. The van der Waals surface area contributed by atoms with Gasteiger partial charge in [0.15, 0.2) is 5.69 Å². The highest BCUT2D eigenvalue weighted by Crippen LogP contribution is 2.30. The molecule has 152 valence electrons. The lowest BCUT2D eigenvalue weighted by Gasteiger charge is -2.10. The zero-order valence-corrected chi connectivity index (χ0v) is 17.5. The molecule has 1 amide bonds. The van der Waals surface area contributed by atoms with Crippen molar-refractivity contribution in [2.75, 3.05) is 11.9 Å². The van der Waals surface area contributed by atoms with Crippen LogP contribution in [0.15, 0.2) is 34.4 Å². The number of esters is 1. The number of aryl methyl sites for hydroxylation is 1. The first-order valence-electron chi connectivity index (χ1n) is 9.54. The van der Waals surface area contributed by atoms with Gasteiger partial charge in [-0.05, 0) is 32.4 Å². The van der Waals surface area contributed by atoms with Crippen LogP contribution >= 0.6 is 11.3 Å². The number of nitrogens with one attached hydrogen (secondary N) is 1. The molecule has 1 aromatic carbocycles. The molecule has 3 rings (SSSR count). The van der Waals surface area contributed by atoms with Crippen molar-refractivity contribution >= 4 is 39.0 Å². The number of ether oxygens (including phenoxy) is 1. The van der Waals surface area contributed by atoms with Crippen LogP contribution in [0.25, 0.3) is 16.5 Å². The van der Waals surface area contributed by atoms with Crippen molar-refractivity contribution in [3.63, 3.8) is 0 Å². The zero-order chi connectivity index (χ0) is 21.0. The van der Waals surface area contributed by atoms with Crippen molar-refractivity contribution in [3.05, 3.63) is 51.3 Å². The molecule has 29 heavy (non-hydrogen) atoms. The molecule has 0 radical (unpaired) electrons. The van der Waals surface area contributed by atoms with Crippen LogP contribution in [0, 0.1) is 6.92 Å². The number of benzene rings is 1. The Balaban J connectivity index is 2.18. The number of thiophene rings is 1. The molecule has 0 unspecified atom stereocenters. The van der Waals surface area contributed by atoms with Crippen molar-refractivity contribution in [2.24, 2.45) is 0 Å². The Hall–Kier alpha value is -3.00. The van der Waals surface area contributed by atoms with Crippen LogP contribution in [0.4, 0.5) is 5.00 Å². The van der Waals surface area contributed by atoms with Crippen LogP contribution in [0.3, 0.4) is 0 Å². The molecule has 0 fully saturated rings. The molecule has 0 saturated heterocycles. The zero-order valence-electron chi connectivity index (χ0n) is 16.7. The van der Waals surface area contributed by atoms with Gasteiger partial charge in [0.2, 0.25) is 5.91 Å². The minimum absolute atomic E-state index is 0.0485. The lowest BCUT2D eigenvalue weighted by atomic mass is 10.2. The number of rotatable bonds is 7. The summed E-state index contributed by atoms with van der Waals surface area (Å²) < 4.78 is 6.31. The van der Waals surface area contributed by atoms with E-state index < -0.39 is 11.5 Å². The van der Waals surface area contributed by atoms with Gasteiger partial charge in [-0.3, -0.25) is 9.59 Å². The van der Waals surface area contributed by atoms with Gasteiger partial charge in [-0.15, -0.1) is 11.3 Å². The highest BCUT2D eigenvalue weighted by atomic mass is 32.1. The summed E-state index contributed by atoms with van der Waals surface area (Å²) >= 11 is 1.20. The Morgan fingerprint density at radius 1 is 1.21 bits per heavy atom. The van der Waals surface area contributed by atoms with E-state index >= 15 is 0 Å². The predicted molar refractivity (Wildman–Crippen MR) is 114 cm³/mol. The molecule has 0 aliphatic rings. The number of anilines is 1. The molecule has 1 N–H and O–H groups in total. The predicted octanol–water partition coefficient (Wildman–Crippen LogP) is 4.06. The molecular formula is C21H23N3O4S. The molecule has 0 spiro atoms. The number of hydrogen-bond donors (Lipinski definition) is 1. The second-order valence-electron chi connectivity index (χ2n) is 6.63. The summed E-state index contributed by atoms with van der Waals surface area (Å²) in [7, 11) is 0. The third-order valence-corrected chi connectivity index (χ3v) is 5.31. The van der Waals surface area contributed by atoms with Crippen LogP contribution < -0.4 is 10.9 Å². The fourth-order valence-electron chi connectivity index (χ4n) is 2.88. The second kappa shape index (κ2) is 9.00. The summed E-state index contributed by atoms with van der Waals surface area (Å²) in [6.45, 7) is 5.84. The van der Waals surface area contributed by atoms with Gasteiger partial charge in [0.25, 0.3) is 5.56 Å². The largest absolute Gasteiger partial charge is 0.461 e. The first kappa shape index (κ1) is 20.7. The summed E-state index contributed by atoms with van der Waals surface area (Å²) in [5.74, 6) is -0.772. The Morgan fingerprint density at radius 2 is 1.93 bits per heavy atom. The molecule has 0 bridgehead atoms. The number of nitrogens with zero attached hydrogens (tertiary/aromatic N) is 2. The van der Waals surface area contributed by atoms with Crippen LogP contribution in [-0.2, 0) is 9.53 Å². The maximum Gasteiger partial charge on any atom is 0.359 e. The van der Waals surface area contributed by atoms with Crippen LogP contribution in [0.1, 0.15) is 49.2 Å². The molecule has 3 aromatic rings. The van der Waals surface area contributed by atoms with Gasteiger partial charge in [-0.1, -0.05) is 31.0 Å². The van der Waals surface area contributed by atoms with Crippen LogP contribution in [0.5, 0.6) is 0 Å². The van der Waals surface area contributed by atoms with Crippen molar-refractivity contribution in [2.45, 2.75) is 40.0 Å². The van der Waals surface area contributed by atoms with Crippen molar-refractivity contribution in [1.29, 1.82) is 0 Å². The first-order chi connectivity index (χ1) is 14.0. The number of carbonyl (C=O) groups excluding carboxylic acids is 2. The summed E-state index contributed by atoms with van der Waals surface area (Å²) in [6, 6.07) is 7.24. The smallest absolute Gasteiger partial charge is 0.359 e. The summed E-state index contributed by atoms with van der Waals surface area (Å²) in [6.07, 6.45) is 2.03. The van der Waals surface area contributed by atoms with Crippen LogP contribution in [-0.4, -0.2) is 28.3 Å². The van der Waals surface area contributed by atoms with E-state index in [1.165, 1.54) is 16.0 Å². The Morgan fingerprint density at radius 3 is 2.59 bits per heavy atom. The molecule has 0 atom stereocenters. The molecule has 0 aliphatic carbocycles. The number of aromatic nitrogens is 2. The molecule has 8 heteroatoms. The molecular weight excluding hydrogens is 390 g/mol. The van der Waals surface area contributed by atoms with Gasteiger partial charge in [0, 0.05) is 17.2 Å². The highest BCUT2D eigenvalue weighted by Gasteiger charge is 2.23. The van der Waals surface area contributed by atoms with E-state index in [-0.39, 0.29) is 23.6 Å². The minimum Gasteiger partial charge on any atom is -0.461 e. The monoisotopic (exact) mass is 413 g/mol. The normalized spacial score (nSPS) is 10.9. The van der Waals surface area contributed by atoms with E-state index in [4.69, 9.17) is 4.74 Å². The Labute approximate surface area is 172 Å². The number of amides is 1. The van der Waals surface area contributed by atoms with Gasteiger partial charge in [0.1, 0.15) is 5.00 Å². The summed E-state index contributed by atoms with van der Waals surface area (Å²) in [5, 5.41) is 9.82. The van der Waals surface area contributed by atoms with Gasteiger partial charge in [0.05, 0.1) is 17.7 Å². The number of fused-ring (bicyclic) bond motifs is 1. The molecule has 2 aromatic heterocycles. The van der Waals surface area contributed by atoms with Crippen LogP contribution in [0.2, 0.25) is 0 Å². The van der Waals surface area contributed by atoms with Gasteiger partial charge < -0.3 is 10.1 Å². The lowest BCUT2D eigenvalue weighted by Crippen LogP contribution is -2.25. The fraction of sp³-hybridized carbons (Fsp3) is 0.333. The topological polar surface area (TPSA) is 90.3 Å².